The number of carbonyl (C=O) groups is 2. The number of thiophene rings is 1. The van der Waals surface area contributed by atoms with Crippen molar-refractivity contribution in [2.75, 3.05) is 6.54 Å². The Morgan fingerprint density at radius 3 is 2.84 bits per heavy atom. The third kappa shape index (κ3) is 2.27. The van der Waals surface area contributed by atoms with E-state index in [1.807, 2.05) is 0 Å². The molecule has 3 atom stereocenters. The van der Waals surface area contributed by atoms with Gasteiger partial charge in [-0.3, -0.25) is 4.79 Å². The summed E-state index contributed by atoms with van der Waals surface area (Å²) in [4.78, 5) is 27.6. The second-order valence-corrected chi connectivity index (χ2v) is 6.74. The molecule has 2 fully saturated rings. The lowest BCUT2D eigenvalue weighted by Crippen LogP contribution is -2.41. The number of likely N-dealkylation sites (tertiary alicyclic amines) is 1. The van der Waals surface area contributed by atoms with Gasteiger partial charge >= 0.3 is 5.97 Å². The van der Waals surface area contributed by atoms with Gasteiger partial charge in [0.25, 0.3) is 0 Å². The Bertz CT molecular complexity index is 525. The Labute approximate surface area is 116 Å². The first-order valence-electron chi connectivity index (χ1n) is 6.67. The van der Waals surface area contributed by atoms with Gasteiger partial charge in [-0.15, -0.1) is 11.3 Å². The highest BCUT2D eigenvalue weighted by Crippen LogP contribution is 2.51. The van der Waals surface area contributed by atoms with Crippen molar-refractivity contribution >= 4 is 23.2 Å². The van der Waals surface area contributed by atoms with Crippen molar-refractivity contribution in [2.24, 2.45) is 5.92 Å². The maximum atomic E-state index is 12.4. The summed E-state index contributed by atoms with van der Waals surface area (Å²) in [5, 5.41) is 9.13. The third-order valence-corrected chi connectivity index (χ3v) is 5.19. The maximum absolute atomic E-state index is 12.4. The Morgan fingerprint density at radius 2 is 2.21 bits per heavy atom. The van der Waals surface area contributed by atoms with Gasteiger partial charge in [-0.2, -0.15) is 0 Å². The number of rotatable bonds is 3. The van der Waals surface area contributed by atoms with Gasteiger partial charge in [0, 0.05) is 28.1 Å². The van der Waals surface area contributed by atoms with Gasteiger partial charge in [-0.25, -0.2) is 4.79 Å². The zero-order chi connectivity index (χ0) is 13.6. The molecule has 1 amide bonds. The summed E-state index contributed by atoms with van der Waals surface area (Å²) in [6.45, 7) is 2.66. The average molecular weight is 279 g/mol. The van der Waals surface area contributed by atoms with Crippen LogP contribution in [0.1, 0.15) is 34.9 Å². The van der Waals surface area contributed by atoms with Gasteiger partial charge in [0.2, 0.25) is 5.91 Å². The van der Waals surface area contributed by atoms with Gasteiger partial charge in [0.05, 0.1) is 0 Å². The topological polar surface area (TPSA) is 57.6 Å². The van der Waals surface area contributed by atoms with Gasteiger partial charge < -0.3 is 10.0 Å². The molecule has 3 unspecified atom stereocenters. The Hall–Kier alpha value is -1.36. The molecule has 3 rings (SSSR count). The summed E-state index contributed by atoms with van der Waals surface area (Å²) in [7, 11) is 0. The lowest BCUT2D eigenvalue weighted by atomic mass is 10.2. The van der Waals surface area contributed by atoms with Crippen LogP contribution >= 0.6 is 11.3 Å². The van der Waals surface area contributed by atoms with Gasteiger partial charge in [-0.1, -0.05) is 0 Å². The van der Waals surface area contributed by atoms with Crippen LogP contribution in [0.4, 0.5) is 0 Å². The van der Waals surface area contributed by atoms with Crippen molar-refractivity contribution < 1.29 is 14.7 Å². The van der Waals surface area contributed by atoms with Crippen molar-refractivity contribution in [3.05, 3.63) is 21.9 Å². The van der Waals surface area contributed by atoms with Crippen LogP contribution in [0.15, 0.2) is 12.1 Å². The Morgan fingerprint density at radius 1 is 1.42 bits per heavy atom. The van der Waals surface area contributed by atoms with Crippen LogP contribution in [0.25, 0.3) is 0 Å². The molecule has 1 saturated carbocycles. The number of nitrogens with zero attached hydrogens (tertiary/aromatic N) is 1. The highest BCUT2D eigenvalue weighted by Gasteiger charge is 2.49. The Kier molecular flexibility index (Phi) is 3.09. The van der Waals surface area contributed by atoms with Crippen LogP contribution in [0.3, 0.4) is 0 Å². The number of hydrogen-bond donors (Lipinski definition) is 1. The summed E-state index contributed by atoms with van der Waals surface area (Å²) in [6, 6.07) is 3.57. The van der Waals surface area contributed by atoms with Gasteiger partial charge in [-0.05, 0) is 38.3 Å². The molecule has 0 bridgehead atoms. The first-order chi connectivity index (χ1) is 9.08. The Balaban J connectivity index is 1.68. The molecule has 0 spiro atoms. The molecular formula is C14H17NO3S. The monoisotopic (exact) mass is 279 g/mol. The number of aliphatic carboxylic acids is 1. The molecule has 4 nitrogen and oxygen atoms in total. The fraction of sp³-hybridized carbons (Fsp3) is 0.571. The van der Waals surface area contributed by atoms with Gasteiger partial charge in [0.15, 0.2) is 0 Å². The first kappa shape index (κ1) is 12.7. The number of carboxylic acid groups (broad SMARTS) is 1. The second-order valence-electron chi connectivity index (χ2n) is 5.42. The van der Waals surface area contributed by atoms with Crippen molar-refractivity contribution in [3.8, 4) is 0 Å². The molecule has 19 heavy (non-hydrogen) atoms. The maximum Gasteiger partial charge on any atom is 0.326 e. The third-order valence-electron chi connectivity index (χ3n) is 4.06. The summed E-state index contributed by atoms with van der Waals surface area (Å²) < 4.78 is 0. The molecule has 1 aliphatic carbocycles. The fourth-order valence-electron chi connectivity index (χ4n) is 2.94. The quantitative estimate of drug-likeness (QED) is 0.923. The van der Waals surface area contributed by atoms with Crippen molar-refractivity contribution in [2.45, 2.75) is 38.1 Å². The number of carboxylic acids is 1. The number of aryl methyl sites for hydroxylation is 1. The molecule has 0 radical (unpaired) electrons. The highest BCUT2D eigenvalue weighted by atomic mass is 32.1. The van der Waals surface area contributed by atoms with E-state index in [1.165, 1.54) is 9.75 Å². The molecule has 1 aromatic heterocycles. The highest BCUT2D eigenvalue weighted by molar-refractivity contribution is 7.12. The largest absolute Gasteiger partial charge is 0.480 e. The van der Waals surface area contributed by atoms with E-state index in [-0.39, 0.29) is 11.8 Å². The van der Waals surface area contributed by atoms with E-state index in [9.17, 15) is 9.59 Å². The molecule has 0 aromatic carbocycles. The first-order valence-corrected chi connectivity index (χ1v) is 7.49. The molecule has 5 heteroatoms. The number of amides is 1. The van der Waals surface area contributed by atoms with Crippen LogP contribution in [0, 0.1) is 12.8 Å². The van der Waals surface area contributed by atoms with Crippen LogP contribution in [-0.4, -0.2) is 34.5 Å². The number of hydrogen-bond acceptors (Lipinski definition) is 3. The van der Waals surface area contributed by atoms with E-state index in [0.29, 0.717) is 18.9 Å². The molecular weight excluding hydrogens is 262 g/mol. The van der Waals surface area contributed by atoms with E-state index in [1.54, 1.807) is 16.2 Å². The predicted molar refractivity (Wildman–Crippen MR) is 72.3 cm³/mol. The van der Waals surface area contributed by atoms with E-state index in [4.69, 9.17) is 5.11 Å². The van der Waals surface area contributed by atoms with E-state index >= 15 is 0 Å². The van der Waals surface area contributed by atoms with Crippen LogP contribution in [0.2, 0.25) is 0 Å². The van der Waals surface area contributed by atoms with E-state index < -0.39 is 12.0 Å². The summed E-state index contributed by atoms with van der Waals surface area (Å²) >= 11 is 1.74. The van der Waals surface area contributed by atoms with Crippen molar-refractivity contribution in [1.29, 1.82) is 0 Å². The standard InChI is InChI=1S/C14H17NO3S/c1-8-4-5-12(19-8)9-7-10(9)13(16)15-6-2-3-11(15)14(17)18/h4-5,9-11H,2-3,6-7H2,1H3,(H,17,18). The molecule has 1 aromatic rings. The van der Waals surface area contributed by atoms with Crippen LogP contribution < -0.4 is 0 Å². The SMILES string of the molecule is Cc1ccc(C2CC2C(=O)N2CCCC2C(=O)O)s1. The minimum atomic E-state index is -0.866. The lowest BCUT2D eigenvalue weighted by molar-refractivity contribution is -0.148. The zero-order valence-electron chi connectivity index (χ0n) is 10.8. The van der Waals surface area contributed by atoms with Crippen molar-refractivity contribution in [3.63, 3.8) is 0 Å². The molecule has 2 aliphatic rings. The smallest absolute Gasteiger partial charge is 0.326 e. The molecule has 1 N–H and O–H groups in total. The summed E-state index contributed by atoms with van der Waals surface area (Å²) in [6.07, 6.45) is 2.27. The zero-order valence-corrected chi connectivity index (χ0v) is 11.7. The molecule has 1 aliphatic heterocycles. The normalized spacial score (nSPS) is 29.5. The lowest BCUT2D eigenvalue weighted by Gasteiger charge is -2.21. The molecule has 102 valence electrons. The summed E-state index contributed by atoms with van der Waals surface area (Å²) in [5.74, 6) is -0.491. The van der Waals surface area contributed by atoms with Gasteiger partial charge in [0.1, 0.15) is 6.04 Å². The fourth-order valence-corrected chi connectivity index (χ4v) is 3.99. The van der Waals surface area contributed by atoms with E-state index in [2.05, 4.69) is 19.1 Å². The molecule has 2 heterocycles. The van der Waals surface area contributed by atoms with Crippen molar-refractivity contribution in [1.82, 2.24) is 4.90 Å². The summed E-state index contributed by atoms with van der Waals surface area (Å²) in [5.41, 5.74) is 0. The van der Waals surface area contributed by atoms with Crippen LogP contribution in [0.5, 0.6) is 0 Å². The average Bonchev–Trinajstić information content (AvgIpc) is 2.82. The number of carbonyl (C=O) groups excluding carboxylic acids is 1. The minimum absolute atomic E-state index is 0.0120. The minimum Gasteiger partial charge on any atom is -0.480 e. The predicted octanol–water partition coefficient (Wildman–Crippen LogP) is 2.24. The van der Waals surface area contributed by atoms with Crippen LogP contribution in [-0.2, 0) is 9.59 Å². The molecule has 1 saturated heterocycles. The second kappa shape index (κ2) is 4.63. The van der Waals surface area contributed by atoms with E-state index in [0.717, 1.165) is 12.8 Å².